The first kappa shape index (κ1) is 11.7. The second-order valence-electron chi connectivity index (χ2n) is 4.15. The lowest BCUT2D eigenvalue weighted by Crippen LogP contribution is -2.19. The van der Waals surface area contributed by atoms with E-state index >= 15 is 0 Å². The molecule has 1 unspecified atom stereocenters. The molecule has 1 saturated heterocycles. The fourth-order valence-corrected chi connectivity index (χ4v) is 2.03. The Balaban J connectivity index is 2.05. The molecule has 0 saturated carbocycles. The molecule has 1 fully saturated rings. The minimum Gasteiger partial charge on any atom is -0.319 e. The van der Waals surface area contributed by atoms with Crippen molar-refractivity contribution in [3.8, 4) is 0 Å². The maximum absolute atomic E-state index is 3.15. The van der Waals surface area contributed by atoms with Gasteiger partial charge in [0.25, 0.3) is 0 Å². The van der Waals surface area contributed by atoms with Gasteiger partial charge >= 0.3 is 0 Å². The van der Waals surface area contributed by atoms with Gasteiger partial charge < -0.3 is 10.2 Å². The lowest BCUT2D eigenvalue weighted by Gasteiger charge is -2.11. The maximum atomic E-state index is 3.15. The molecule has 0 aliphatic carbocycles. The molecule has 0 radical (unpaired) electrons. The van der Waals surface area contributed by atoms with E-state index in [-0.39, 0.29) is 0 Å². The molecule has 2 heteroatoms. The van der Waals surface area contributed by atoms with Crippen LogP contribution in [0.5, 0.6) is 0 Å². The summed E-state index contributed by atoms with van der Waals surface area (Å²) < 4.78 is 0. The lowest BCUT2D eigenvalue weighted by molar-refractivity contribution is 0.342. The summed E-state index contributed by atoms with van der Waals surface area (Å²) in [6, 6.07) is 0. The van der Waals surface area contributed by atoms with Crippen molar-refractivity contribution >= 4 is 0 Å². The topological polar surface area (TPSA) is 15.3 Å². The molecule has 1 rings (SSSR count). The van der Waals surface area contributed by atoms with Crippen molar-refractivity contribution in [2.75, 3.05) is 33.2 Å². The number of nitrogens with zero attached hydrogens (tertiary/aromatic N) is 1. The van der Waals surface area contributed by atoms with Crippen LogP contribution in [0.15, 0.2) is 12.2 Å². The summed E-state index contributed by atoms with van der Waals surface area (Å²) in [7, 11) is 2.00. The number of allylic oxidation sites excluding steroid dienone is 1. The lowest BCUT2D eigenvalue weighted by atomic mass is 10.0. The molecule has 82 valence electrons. The Morgan fingerprint density at radius 3 is 2.93 bits per heavy atom. The van der Waals surface area contributed by atoms with Crippen LogP contribution in [0.2, 0.25) is 0 Å². The Kier molecular flexibility index (Phi) is 5.88. The zero-order valence-electron chi connectivity index (χ0n) is 9.63. The molecule has 0 bridgehead atoms. The second-order valence-corrected chi connectivity index (χ2v) is 4.15. The number of hydrogen-bond acceptors (Lipinski definition) is 2. The zero-order valence-corrected chi connectivity index (χ0v) is 9.63. The van der Waals surface area contributed by atoms with Gasteiger partial charge in [-0.05, 0) is 51.9 Å². The highest BCUT2D eigenvalue weighted by molar-refractivity contribution is 4.87. The largest absolute Gasteiger partial charge is 0.319 e. The molecule has 0 aromatic heterocycles. The summed E-state index contributed by atoms with van der Waals surface area (Å²) in [6.45, 7) is 7.20. The van der Waals surface area contributed by atoms with E-state index in [1.54, 1.807) is 0 Å². The van der Waals surface area contributed by atoms with Crippen LogP contribution in [-0.2, 0) is 0 Å². The number of likely N-dealkylation sites (tertiary alicyclic amines) is 1. The van der Waals surface area contributed by atoms with Crippen LogP contribution in [-0.4, -0.2) is 38.1 Å². The van der Waals surface area contributed by atoms with E-state index in [1.807, 2.05) is 7.05 Å². The van der Waals surface area contributed by atoms with Crippen molar-refractivity contribution in [2.45, 2.75) is 26.2 Å². The van der Waals surface area contributed by atoms with E-state index in [2.05, 4.69) is 29.3 Å². The normalized spacial score (nSPS) is 23.7. The van der Waals surface area contributed by atoms with E-state index in [4.69, 9.17) is 0 Å². The monoisotopic (exact) mass is 196 g/mol. The third-order valence-electron chi connectivity index (χ3n) is 3.01. The molecule has 0 amide bonds. The fraction of sp³-hybridized carbons (Fsp3) is 0.833. The molecule has 0 aromatic rings. The van der Waals surface area contributed by atoms with E-state index in [0.29, 0.717) is 0 Å². The molecular weight excluding hydrogens is 172 g/mol. The van der Waals surface area contributed by atoms with E-state index in [9.17, 15) is 0 Å². The third-order valence-corrected chi connectivity index (χ3v) is 3.01. The zero-order chi connectivity index (χ0) is 10.2. The minimum atomic E-state index is 0.917. The van der Waals surface area contributed by atoms with Crippen LogP contribution >= 0.6 is 0 Å². The van der Waals surface area contributed by atoms with Crippen molar-refractivity contribution in [3.05, 3.63) is 12.2 Å². The summed E-state index contributed by atoms with van der Waals surface area (Å²) >= 11 is 0. The van der Waals surface area contributed by atoms with Crippen molar-refractivity contribution < 1.29 is 0 Å². The number of nitrogens with one attached hydrogen (secondary N) is 1. The predicted molar refractivity (Wildman–Crippen MR) is 62.5 cm³/mol. The van der Waals surface area contributed by atoms with Crippen molar-refractivity contribution in [1.29, 1.82) is 0 Å². The fourth-order valence-electron chi connectivity index (χ4n) is 2.03. The quantitative estimate of drug-likeness (QED) is 0.515. The molecular formula is C12H24N2. The van der Waals surface area contributed by atoms with E-state index in [1.165, 1.54) is 38.9 Å². The average molecular weight is 196 g/mol. The highest BCUT2D eigenvalue weighted by Gasteiger charge is 2.19. The Morgan fingerprint density at radius 1 is 1.43 bits per heavy atom. The first-order valence-corrected chi connectivity index (χ1v) is 5.88. The SMILES string of the molecule is CCN1CCC(C/C=C\CCNC)C1. The second kappa shape index (κ2) is 7.02. The molecule has 1 aliphatic heterocycles. The Labute approximate surface area is 88.4 Å². The van der Waals surface area contributed by atoms with Gasteiger partial charge in [-0.15, -0.1) is 0 Å². The van der Waals surface area contributed by atoms with Gasteiger partial charge in [-0.25, -0.2) is 0 Å². The predicted octanol–water partition coefficient (Wildman–Crippen LogP) is 1.88. The molecule has 1 N–H and O–H groups in total. The van der Waals surface area contributed by atoms with Gasteiger partial charge in [-0.2, -0.15) is 0 Å². The molecule has 0 spiro atoms. The molecule has 14 heavy (non-hydrogen) atoms. The molecule has 1 heterocycles. The van der Waals surface area contributed by atoms with Crippen LogP contribution in [0, 0.1) is 5.92 Å². The van der Waals surface area contributed by atoms with Gasteiger partial charge in [0.1, 0.15) is 0 Å². The summed E-state index contributed by atoms with van der Waals surface area (Å²) in [5.74, 6) is 0.917. The van der Waals surface area contributed by atoms with Gasteiger partial charge in [0.2, 0.25) is 0 Å². The van der Waals surface area contributed by atoms with Crippen molar-refractivity contribution in [1.82, 2.24) is 10.2 Å². The van der Waals surface area contributed by atoms with Crippen LogP contribution in [0.4, 0.5) is 0 Å². The summed E-state index contributed by atoms with van der Waals surface area (Å²) in [5, 5.41) is 3.15. The van der Waals surface area contributed by atoms with Crippen LogP contribution < -0.4 is 5.32 Å². The van der Waals surface area contributed by atoms with Crippen molar-refractivity contribution in [2.24, 2.45) is 5.92 Å². The first-order chi connectivity index (χ1) is 6.86. The molecule has 0 aromatic carbocycles. The van der Waals surface area contributed by atoms with Gasteiger partial charge in [-0.3, -0.25) is 0 Å². The van der Waals surface area contributed by atoms with Gasteiger partial charge in [0.05, 0.1) is 0 Å². The Hall–Kier alpha value is -0.340. The Bertz CT molecular complexity index is 166. The highest BCUT2D eigenvalue weighted by Crippen LogP contribution is 2.19. The number of rotatable bonds is 6. The molecule has 1 aliphatic rings. The van der Waals surface area contributed by atoms with Gasteiger partial charge in [0, 0.05) is 6.54 Å². The minimum absolute atomic E-state index is 0.917. The standard InChI is InChI=1S/C12H24N2/c1-3-14-10-8-12(11-14)7-5-4-6-9-13-2/h4-5,12-13H,3,6-11H2,1-2H3/b5-4-. The Morgan fingerprint density at radius 2 is 2.29 bits per heavy atom. The average Bonchev–Trinajstić information content (AvgIpc) is 2.65. The molecule has 2 nitrogen and oxygen atoms in total. The first-order valence-electron chi connectivity index (χ1n) is 5.88. The van der Waals surface area contributed by atoms with Crippen LogP contribution in [0.25, 0.3) is 0 Å². The van der Waals surface area contributed by atoms with Gasteiger partial charge in [0.15, 0.2) is 0 Å². The highest BCUT2D eigenvalue weighted by atomic mass is 15.1. The smallest absolute Gasteiger partial charge is 0.00130 e. The van der Waals surface area contributed by atoms with Gasteiger partial charge in [-0.1, -0.05) is 19.1 Å². The summed E-state index contributed by atoms with van der Waals surface area (Å²) in [6.07, 6.45) is 8.51. The summed E-state index contributed by atoms with van der Waals surface area (Å²) in [5.41, 5.74) is 0. The summed E-state index contributed by atoms with van der Waals surface area (Å²) in [4.78, 5) is 2.55. The van der Waals surface area contributed by atoms with E-state index < -0.39 is 0 Å². The van der Waals surface area contributed by atoms with Crippen LogP contribution in [0.3, 0.4) is 0 Å². The third kappa shape index (κ3) is 4.25. The van der Waals surface area contributed by atoms with Crippen molar-refractivity contribution in [3.63, 3.8) is 0 Å². The maximum Gasteiger partial charge on any atom is 0.00130 e. The van der Waals surface area contributed by atoms with Crippen LogP contribution in [0.1, 0.15) is 26.2 Å². The van der Waals surface area contributed by atoms with E-state index in [0.717, 1.165) is 12.5 Å². The molecule has 1 atom stereocenters. The number of hydrogen-bond donors (Lipinski definition) is 1.